The van der Waals surface area contributed by atoms with Crippen LogP contribution in [-0.4, -0.2) is 46.2 Å². The van der Waals surface area contributed by atoms with Crippen LogP contribution in [0.1, 0.15) is 128 Å². The Bertz CT molecular complexity index is 2390. The highest BCUT2D eigenvalue weighted by Gasteiger charge is 2.27. The molecule has 0 bridgehead atoms. The molecule has 0 amide bonds. The van der Waals surface area contributed by atoms with Crippen molar-refractivity contribution in [2.24, 2.45) is 0 Å². The lowest BCUT2D eigenvalue weighted by atomic mass is 9.97. The van der Waals surface area contributed by atoms with Gasteiger partial charge in [0.2, 0.25) is 0 Å². The van der Waals surface area contributed by atoms with Crippen molar-refractivity contribution in [3.8, 4) is 0 Å². The lowest BCUT2D eigenvalue weighted by Crippen LogP contribution is -2.14. The van der Waals surface area contributed by atoms with Crippen molar-refractivity contribution in [2.75, 3.05) is 23.9 Å². The largest absolute Gasteiger partial charge is 0.478 e. The van der Waals surface area contributed by atoms with Gasteiger partial charge in [0.15, 0.2) is 0 Å². The van der Waals surface area contributed by atoms with Crippen LogP contribution >= 0.6 is 0 Å². The summed E-state index contributed by atoms with van der Waals surface area (Å²) in [6, 6.07) is 34.9. The third-order valence-corrected chi connectivity index (χ3v) is 13.2. The number of anilines is 4. The molecule has 4 aromatic carbocycles. The number of nitrogens with one attached hydrogen (secondary N) is 2. The van der Waals surface area contributed by atoms with Gasteiger partial charge < -0.3 is 30.6 Å². The van der Waals surface area contributed by atoms with E-state index in [2.05, 4.69) is 129 Å². The number of hydrogen-bond acceptors (Lipinski definition) is 8. The van der Waals surface area contributed by atoms with E-state index in [0.717, 1.165) is 48.9 Å². The maximum absolute atomic E-state index is 11.4. The van der Waals surface area contributed by atoms with Crippen molar-refractivity contribution in [3.05, 3.63) is 177 Å². The highest BCUT2D eigenvalue weighted by Crippen LogP contribution is 2.42. The number of carboxylic acids is 2. The topological polar surface area (TPSA) is 131 Å². The van der Waals surface area contributed by atoms with E-state index >= 15 is 0 Å². The predicted molar refractivity (Wildman–Crippen MR) is 244 cm³/mol. The molecule has 0 radical (unpaired) electrons. The Morgan fingerprint density at radius 1 is 0.565 bits per heavy atom. The first kappa shape index (κ1) is 41.0. The van der Waals surface area contributed by atoms with Crippen LogP contribution in [0.5, 0.6) is 0 Å². The molecule has 2 fully saturated rings. The third kappa shape index (κ3) is 9.12. The van der Waals surface area contributed by atoms with Gasteiger partial charge in [0, 0.05) is 86.8 Å². The van der Waals surface area contributed by atoms with Gasteiger partial charge in [0.25, 0.3) is 0 Å². The molecule has 62 heavy (non-hydrogen) atoms. The Kier molecular flexibility index (Phi) is 11.9. The van der Waals surface area contributed by atoms with Gasteiger partial charge in [-0.15, -0.1) is 0 Å². The fourth-order valence-electron chi connectivity index (χ4n) is 9.13. The zero-order valence-corrected chi connectivity index (χ0v) is 35.4. The number of benzene rings is 4. The second kappa shape index (κ2) is 17.9. The summed E-state index contributed by atoms with van der Waals surface area (Å²) in [4.78, 5) is 35.6. The van der Waals surface area contributed by atoms with Crippen molar-refractivity contribution in [1.29, 1.82) is 0 Å². The summed E-state index contributed by atoms with van der Waals surface area (Å²) < 4.78 is 0. The van der Waals surface area contributed by atoms with Crippen LogP contribution in [-0.2, 0) is 25.9 Å². The molecule has 6 aromatic rings. The molecule has 2 aromatic heterocycles. The number of aromatic nitrogens is 2. The Hall–Kier alpha value is -6.36. The van der Waals surface area contributed by atoms with Gasteiger partial charge in [-0.1, -0.05) is 36.4 Å². The molecule has 4 aliphatic rings. The maximum atomic E-state index is 11.4. The predicted octanol–water partition coefficient (Wildman–Crippen LogP) is 10.4. The first-order valence-electron chi connectivity index (χ1n) is 21.9. The third-order valence-electron chi connectivity index (χ3n) is 13.2. The molecule has 4 N–H and O–H groups in total. The molecule has 10 rings (SSSR count). The maximum Gasteiger partial charge on any atom is 0.336 e. The van der Waals surface area contributed by atoms with E-state index in [1.165, 1.54) is 94.2 Å². The number of pyridine rings is 2. The van der Waals surface area contributed by atoms with Crippen LogP contribution in [0, 0.1) is 0 Å². The number of hydrogen-bond donors (Lipinski definition) is 4. The van der Waals surface area contributed by atoms with Gasteiger partial charge in [-0.05, 0) is 168 Å². The zero-order chi connectivity index (χ0) is 42.7. The van der Waals surface area contributed by atoms with E-state index in [1.54, 1.807) is 24.5 Å². The van der Waals surface area contributed by atoms with Gasteiger partial charge in [-0.3, -0.25) is 9.97 Å². The molecule has 4 heterocycles. The molecule has 10 heteroatoms. The summed E-state index contributed by atoms with van der Waals surface area (Å²) in [6.07, 6.45) is 14.8. The first-order chi connectivity index (χ1) is 30.2. The van der Waals surface area contributed by atoms with Crippen molar-refractivity contribution < 1.29 is 19.8 Å². The standard InChI is InChI=1S/2C26H27N3O2/c2*1-29(21-7-4-18(5-8-21)17-2-3-17)22-9-10-23-20(14-22)16-28-25(23)11-6-19-15-27-13-12-24(19)26(30)31/h2*4-5,7-10,12-15,17,25,28H,2-3,6,11,16H2,1H3,(H,30,31)/t2*25-/m10/s1. The minimum Gasteiger partial charge on any atom is -0.478 e. The highest BCUT2D eigenvalue weighted by molar-refractivity contribution is 5.89. The van der Waals surface area contributed by atoms with E-state index in [0.29, 0.717) is 24.0 Å². The average Bonchev–Trinajstić information content (AvgIpc) is 4.26. The van der Waals surface area contributed by atoms with Gasteiger partial charge in [0.05, 0.1) is 11.1 Å². The fraction of sp³-hybridized carbons (Fsp3) is 0.308. The number of aryl methyl sites for hydroxylation is 2. The first-order valence-corrected chi connectivity index (χ1v) is 21.9. The molecule has 0 saturated heterocycles. The van der Waals surface area contributed by atoms with Gasteiger partial charge in [0.1, 0.15) is 0 Å². The molecular formula is C52H54N6O4. The molecule has 10 nitrogen and oxygen atoms in total. The van der Waals surface area contributed by atoms with E-state index in [1.807, 2.05) is 0 Å². The molecule has 2 atom stereocenters. The Morgan fingerprint density at radius 2 is 0.952 bits per heavy atom. The second-order valence-electron chi connectivity index (χ2n) is 17.2. The van der Waals surface area contributed by atoms with Crippen LogP contribution in [0.4, 0.5) is 22.7 Å². The Labute approximate surface area is 363 Å². The van der Waals surface area contributed by atoms with Crippen LogP contribution in [0.25, 0.3) is 0 Å². The van der Waals surface area contributed by atoms with Gasteiger partial charge in [-0.2, -0.15) is 0 Å². The molecular weight excluding hydrogens is 773 g/mol. The summed E-state index contributed by atoms with van der Waals surface area (Å²) in [5.74, 6) is -0.230. The number of fused-ring (bicyclic) bond motifs is 2. The number of rotatable bonds is 14. The molecule has 0 unspecified atom stereocenters. The van der Waals surface area contributed by atoms with Crippen LogP contribution in [0.2, 0.25) is 0 Å². The monoisotopic (exact) mass is 826 g/mol. The molecule has 2 saturated carbocycles. The molecule has 2 aliphatic carbocycles. The molecule has 316 valence electrons. The lowest BCUT2D eigenvalue weighted by molar-refractivity contribution is 0.0684. The van der Waals surface area contributed by atoms with E-state index in [9.17, 15) is 19.8 Å². The second-order valence-corrected chi connectivity index (χ2v) is 17.2. The Balaban J connectivity index is 0.000000158. The summed E-state index contributed by atoms with van der Waals surface area (Å²) in [5.41, 5.74) is 15.2. The van der Waals surface area contributed by atoms with Crippen LogP contribution in [0.3, 0.4) is 0 Å². The average molecular weight is 827 g/mol. The number of aromatic carboxylic acids is 2. The van der Waals surface area contributed by atoms with Crippen LogP contribution in [0.15, 0.2) is 122 Å². The minimum atomic E-state index is -0.893. The summed E-state index contributed by atoms with van der Waals surface area (Å²) >= 11 is 0. The van der Waals surface area contributed by atoms with Gasteiger partial charge >= 0.3 is 11.9 Å². The van der Waals surface area contributed by atoms with Gasteiger partial charge in [-0.25, -0.2) is 9.59 Å². The van der Waals surface area contributed by atoms with Crippen molar-refractivity contribution >= 4 is 34.7 Å². The quantitative estimate of drug-likeness (QED) is 0.0842. The van der Waals surface area contributed by atoms with E-state index in [-0.39, 0.29) is 12.1 Å². The van der Waals surface area contributed by atoms with E-state index < -0.39 is 11.9 Å². The number of carboxylic acid groups (broad SMARTS) is 2. The number of carbonyl (C=O) groups is 2. The summed E-state index contributed by atoms with van der Waals surface area (Å²) in [7, 11) is 4.23. The summed E-state index contributed by atoms with van der Waals surface area (Å²) in [5, 5.41) is 26.0. The fourth-order valence-corrected chi connectivity index (χ4v) is 9.13. The van der Waals surface area contributed by atoms with Crippen LogP contribution < -0.4 is 20.4 Å². The van der Waals surface area contributed by atoms with Crippen molar-refractivity contribution in [2.45, 2.75) is 88.4 Å². The van der Waals surface area contributed by atoms with Crippen molar-refractivity contribution in [1.82, 2.24) is 20.6 Å². The minimum absolute atomic E-state index is 0.231. The zero-order valence-electron chi connectivity index (χ0n) is 35.4. The SMILES string of the molecule is CN(c1ccc(C2CC2)cc1)c1ccc2c(c1)CN[C@@H]2CCc1cnccc1C(=O)O.CN(c1ccc(C2CC2)cc1)c1ccc2c(c1)CN[C@H]2CCc1cnccc1C(=O)O. The Morgan fingerprint density at radius 3 is 1.32 bits per heavy atom. The normalized spacial score (nSPS) is 17.4. The van der Waals surface area contributed by atoms with E-state index in [4.69, 9.17) is 0 Å². The lowest BCUT2D eigenvalue weighted by Gasteiger charge is -2.21. The molecule has 2 aliphatic heterocycles. The van der Waals surface area contributed by atoms with Crippen molar-refractivity contribution in [3.63, 3.8) is 0 Å². The highest BCUT2D eigenvalue weighted by atomic mass is 16.4. The molecule has 0 spiro atoms. The number of nitrogens with zero attached hydrogens (tertiary/aromatic N) is 4. The summed E-state index contributed by atoms with van der Waals surface area (Å²) in [6.45, 7) is 1.67. The smallest absolute Gasteiger partial charge is 0.336 e.